The van der Waals surface area contributed by atoms with E-state index in [0.29, 0.717) is 41.5 Å². The van der Waals surface area contributed by atoms with Gasteiger partial charge in [0.15, 0.2) is 6.29 Å². The van der Waals surface area contributed by atoms with Gasteiger partial charge >= 0.3 is 0 Å². The van der Waals surface area contributed by atoms with Crippen LogP contribution in [-0.2, 0) is 13.0 Å². The van der Waals surface area contributed by atoms with Gasteiger partial charge < -0.3 is 15.4 Å². The summed E-state index contributed by atoms with van der Waals surface area (Å²) in [6.07, 6.45) is 1.31. The van der Waals surface area contributed by atoms with Crippen LogP contribution in [0.2, 0.25) is 0 Å². The number of aldehydes is 1. The molecular formula is C21H23N5O3. The third-order valence-electron chi connectivity index (χ3n) is 4.78. The lowest BCUT2D eigenvalue weighted by Crippen LogP contribution is -2.21. The molecule has 2 N–H and O–H groups in total. The van der Waals surface area contributed by atoms with E-state index in [4.69, 9.17) is 10.5 Å². The number of nitrogens with two attached hydrogens (primary N) is 1. The molecule has 8 nitrogen and oxygen atoms in total. The molecule has 1 heterocycles. The van der Waals surface area contributed by atoms with Gasteiger partial charge in [0, 0.05) is 30.5 Å². The minimum atomic E-state index is -0.0923. The molecular weight excluding hydrogens is 370 g/mol. The monoisotopic (exact) mass is 393 g/mol. The van der Waals surface area contributed by atoms with Crippen LogP contribution in [0.25, 0.3) is 5.69 Å². The summed E-state index contributed by atoms with van der Waals surface area (Å²) in [5, 5.41) is 7.46. The quantitative estimate of drug-likeness (QED) is 0.340. The average molecular weight is 393 g/mol. The van der Waals surface area contributed by atoms with Gasteiger partial charge in [0.2, 0.25) is 0 Å². The molecule has 0 saturated carbocycles. The first-order chi connectivity index (χ1) is 14.1. The number of hydrogen-bond acceptors (Lipinski definition) is 7. The number of likely N-dealkylation sites (N-methyl/N-ethyl adjacent to an activating group) is 1. The highest BCUT2D eigenvalue weighted by Crippen LogP contribution is 2.22. The van der Waals surface area contributed by atoms with E-state index in [1.807, 2.05) is 31.3 Å². The number of ether oxygens (including phenoxy) is 1. The van der Waals surface area contributed by atoms with Crippen molar-refractivity contribution < 1.29 is 9.53 Å². The van der Waals surface area contributed by atoms with E-state index >= 15 is 0 Å². The second-order valence-corrected chi connectivity index (χ2v) is 6.59. The fraction of sp³-hybridized carbons (Fsp3) is 0.238. The normalized spacial score (nSPS) is 10.6. The number of anilines is 2. The highest BCUT2D eigenvalue weighted by molar-refractivity contribution is 5.76. The number of carbonyl (C=O) groups is 1. The number of methoxy groups -OCH3 is 1. The fourth-order valence-corrected chi connectivity index (χ4v) is 3.15. The van der Waals surface area contributed by atoms with Crippen LogP contribution in [0.15, 0.2) is 53.7 Å². The summed E-state index contributed by atoms with van der Waals surface area (Å²) >= 11 is 0. The van der Waals surface area contributed by atoms with Crippen molar-refractivity contribution in [3.8, 4) is 11.4 Å². The summed E-state index contributed by atoms with van der Waals surface area (Å²) in [7, 11) is 3.54. The molecule has 1 aromatic heterocycles. The van der Waals surface area contributed by atoms with Crippen LogP contribution in [0.5, 0.6) is 5.75 Å². The summed E-state index contributed by atoms with van der Waals surface area (Å²) in [6, 6.07) is 14.7. The molecule has 0 amide bonds. The highest BCUT2D eigenvalue weighted by Gasteiger charge is 2.19. The zero-order valence-corrected chi connectivity index (χ0v) is 16.4. The molecule has 150 valence electrons. The van der Waals surface area contributed by atoms with E-state index in [2.05, 4.69) is 15.2 Å². The Kier molecular flexibility index (Phi) is 6.23. The van der Waals surface area contributed by atoms with E-state index in [1.54, 1.807) is 36.1 Å². The van der Waals surface area contributed by atoms with Gasteiger partial charge in [0.25, 0.3) is 0 Å². The third-order valence-corrected chi connectivity index (χ3v) is 4.78. The van der Waals surface area contributed by atoms with Crippen LogP contribution in [0, 0.1) is 4.91 Å². The molecule has 0 saturated heterocycles. The summed E-state index contributed by atoms with van der Waals surface area (Å²) in [6.45, 7) is 0.538. The molecule has 2 aromatic carbocycles. The van der Waals surface area contributed by atoms with E-state index < -0.39 is 0 Å². The molecule has 8 heteroatoms. The standard InChI is InChI=1S/C21H23N5O3/c1-25(16-5-3-15(22)4-6-16)12-11-19-20(13-23-28)24-26(21(19)14-27)17-7-9-18(29-2)10-8-17/h3-10,14H,11-13,22H2,1-2H3. The Balaban J connectivity index is 1.89. The smallest absolute Gasteiger partial charge is 0.168 e. The molecule has 0 aliphatic rings. The molecule has 0 aliphatic heterocycles. The van der Waals surface area contributed by atoms with Gasteiger partial charge in [0.05, 0.1) is 18.5 Å². The lowest BCUT2D eigenvalue weighted by Gasteiger charge is -2.19. The van der Waals surface area contributed by atoms with Gasteiger partial charge in [-0.3, -0.25) is 4.79 Å². The number of nitrogens with zero attached hydrogens (tertiary/aromatic N) is 4. The number of nitrogen functional groups attached to an aromatic ring is 1. The second-order valence-electron chi connectivity index (χ2n) is 6.59. The minimum Gasteiger partial charge on any atom is -0.497 e. The number of carbonyl (C=O) groups excluding carboxylic acids is 1. The molecule has 3 aromatic rings. The molecule has 0 radical (unpaired) electrons. The number of rotatable bonds is 9. The molecule has 0 bridgehead atoms. The van der Waals surface area contributed by atoms with Crippen LogP contribution < -0.4 is 15.4 Å². The number of nitroso groups, excluding NO2 is 1. The Labute approximate surface area is 168 Å². The predicted octanol–water partition coefficient (Wildman–Crippen LogP) is 3.22. The Morgan fingerprint density at radius 1 is 1.17 bits per heavy atom. The molecule has 0 spiro atoms. The van der Waals surface area contributed by atoms with Crippen LogP contribution in [-0.4, -0.2) is 36.8 Å². The van der Waals surface area contributed by atoms with Gasteiger partial charge in [0.1, 0.15) is 18.0 Å². The van der Waals surface area contributed by atoms with Gasteiger partial charge in [-0.05, 0) is 55.0 Å². The predicted molar refractivity (Wildman–Crippen MR) is 113 cm³/mol. The molecule has 0 aliphatic carbocycles. The van der Waals surface area contributed by atoms with E-state index in [9.17, 15) is 9.70 Å². The van der Waals surface area contributed by atoms with Gasteiger partial charge in [-0.25, -0.2) is 4.68 Å². The third kappa shape index (κ3) is 4.43. The molecule has 0 atom stereocenters. The van der Waals surface area contributed by atoms with Crippen molar-refractivity contribution in [2.24, 2.45) is 5.18 Å². The highest BCUT2D eigenvalue weighted by atomic mass is 16.5. The Hall–Kier alpha value is -3.68. The van der Waals surface area contributed by atoms with Crippen molar-refractivity contribution in [1.29, 1.82) is 0 Å². The van der Waals surface area contributed by atoms with Gasteiger partial charge in [-0.1, -0.05) is 5.18 Å². The Bertz CT molecular complexity index is 981. The summed E-state index contributed by atoms with van der Waals surface area (Å²) in [5.41, 5.74) is 9.79. The largest absolute Gasteiger partial charge is 0.497 e. The first kappa shape index (κ1) is 20.1. The lowest BCUT2D eigenvalue weighted by molar-refractivity contribution is 0.111. The summed E-state index contributed by atoms with van der Waals surface area (Å²) in [4.78, 5) is 24.9. The van der Waals surface area contributed by atoms with E-state index in [-0.39, 0.29) is 6.54 Å². The molecule has 29 heavy (non-hydrogen) atoms. The lowest BCUT2D eigenvalue weighted by atomic mass is 10.1. The minimum absolute atomic E-state index is 0.0923. The molecule has 3 rings (SSSR count). The van der Waals surface area contributed by atoms with Crippen LogP contribution in [0.3, 0.4) is 0 Å². The van der Waals surface area contributed by atoms with Crippen molar-refractivity contribution in [1.82, 2.24) is 9.78 Å². The van der Waals surface area contributed by atoms with E-state index in [0.717, 1.165) is 17.5 Å². The first-order valence-electron chi connectivity index (χ1n) is 9.13. The van der Waals surface area contributed by atoms with Crippen molar-refractivity contribution in [2.45, 2.75) is 13.0 Å². The second kappa shape index (κ2) is 9.01. The molecule has 0 fully saturated rings. The zero-order valence-electron chi connectivity index (χ0n) is 16.4. The zero-order chi connectivity index (χ0) is 20.8. The average Bonchev–Trinajstić information content (AvgIpc) is 3.10. The Morgan fingerprint density at radius 3 is 2.45 bits per heavy atom. The molecule has 0 unspecified atom stereocenters. The van der Waals surface area contributed by atoms with Crippen molar-refractivity contribution >= 4 is 17.7 Å². The summed E-state index contributed by atoms with van der Waals surface area (Å²) in [5.74, 6) is 0.702. The SMILES string of the molecule is COc1ccc(-n2nc(CN=O)c(CCN(C)c3ccc(N)cc3)c2C=O)cc1. The number of benzene rings is 2. The fourth-order valence-electron chi connectivity index (χ4n) is 3.15. The van der Waals surface area contributed by atoms with Crippen molar-refractivity contribution in [2.75, 3.05) is 31.3 Å². The summed E-state index contributed by atoms with van der Waals surface area (Å²) < 4.78 is 6.72. The van der Waals surface area contributed by atoms with Crippen molar-refractivity contribution in [3.05, 3.63) is 70.4 Å². The van der Waals surface area contributed by atoms with Crippen molar-refractivity contribution in [3.63, 3.8) is 0 Å². The number of aromatic nitrogens is 2. The topological polar surface area (TPSA) is 103 Å². The van der Waals surface area contributed by atoms with Crippen LogP contribution in [0.1, 0.15) is 21.7 Å². The van der Waals surface area contributed by atoms with Gasteiger partial charge in [-0.15, -0.1) is 0 Å². The van der Waals surface area contributed by atoms with Crippen LogP contribution >= 0.6 is 0 Å². The number of hydrogen-bond donors (Lipinski definition) is 1. The maximum atomic E-state index is 11.9. The van der Waals surface area contributed by atoms with E-state index in [1.165, 1.54) is 0 Å². The van der Waals surface area contributed by atoms with Gasteiger partial charge in [-0.2, -0.15) is 10.0 Å². The van der Waals surface area contributed by atoms with Crippen LogP contribution in [0.4, 0.5) is 11.4 Å². The first-order valence-corrected chi connectivity index (χ1v) is 9.13. The Morgan fingerprint density at radius 2 is 1.86 bits per heavy atom. The maximum Gasteiger partial charge on any atom is 0.168 e. The maximum absolute atomic E-state index is 11.9.